The van der Waals surface area contributed by atoms with E-state index >= 15 is 0 Å². The van der Waals surface area contributed by atoms with Crippen LogP contribution in [-0.2, 0) is 22.6 Å². The molecule has 3 aromatic carbocycles. The van der Waals surface area contributed by atoms with E-state index in [1.807, 2.05) is 24.3 Å². The number of ether oxygens (including phenoxy) is 1. The third kappa shape index (κ3) is 5.35. The summed E-state index contributed by atoms with van der Waals surface area (Å²) in [4.78, 5) is 28.9. The molecular formula is C25H19Cl2FN2O3. The van der Waals surface area contributed by atoms with E-state index in [4.69, 9.17) is 27.9 Å². The van der Waals surface area contributed by atoms with Gasteiger partial charge in [0.2, 0.25) is 0 Å². The Morgan fingerprint density at radius 1 is 1.00 bits per heavy atom. The first-order valence-corrected chi connectivity index (χ1v) is 10.9. The van der Waals surface area contributed by atoms with E-state index in [0.29, 0.717) is 10.6 Å². The number of fused-ring (bicyclic) bond motifs is 1. The van der Waals surface area contributed by atoms with Crippen molar-refractivity contribution in [3.05, 3.63) is 105 Å². The van der Waals surface area contributed by atoms with Gasteiger partial charge in [0.15, 0.2) is 0 Å². The van der Waals surface area contributed by atoms with Gasteiger partial charge in [-0.2, -0.15) is 0 Å². The van der Waals surface area contributed by atoms with Gasteiger partial charge in [-0.1, -0.05) is 47.5 Å². The summed E-state index contributed by atoms with van der Waals surface area (Å²) in [6.45, 7) is -0.356. The molecule has 0 saturated heterocycles. The molecule has 4 rings (SSSR count). The Labute approximate surface area is 199 Å². The normalized spacial score (nSPS) is 11.8. The van der Waals surface area contributed by atoms with Crippen LogP contribution in [0.4, 0.5) is 4.39 Å². The van der Waals surface area contributed by atoms with Crippen molar-refractivity contribution < 1.29 is 18.7 Å². The topological polar surface area (TPSA) is 71.2 Å². The van der Waals surface area contributed by atoms with Crippen molar-refractivity contribution in [3.8, 4) is 0 Å². The Kier molecular flexibility index (Phi) is 6.96. The predicted octanol–water partition coefficient (Wildman–Crippen LogP) is 5.70. The maximum absolute atomic E-state index is 14.1. The lowest BCUT2D eigenvalue weighted by Gasteiger charge is -2.18. The smallest absolute Gasteiger partial charge is 0.329 e. The molecule has 2 N–H and O–H groups in total. The molecule has 0 radical (unpaired) electrons. The summed E-state index contributed by atoms with van der Waals surface area (Å²) in [6.07, 6.45) is 1.96. The number of hydrogen-bond acceptors (Lipinski definition) is 3. The molecule has 1 aromatic heterocycles. The van der Waals surface area contributed by atoms with Crippen LogP contribution in [0.5, 0.6) is 0 Å². The summed E-state index contributed by atoms with van der Waals surface area (Å²) in [7, 11) is 0. The Hall–Kier alpha value is -3.35. The number of nitrogens with one attached hydrogen (secondary N) is 2. The van der Waals surface area contributed by atoms with E-state index in [1.165, 1.54) is 18.2 Å². The Morgan fingerprint density at radius 3 is 2.52 bits per heavy atom. The summed E-state index contributed by atoms with van der Waals surface area (Å²) in [5, 5.41) is 4.29. The van der Waals surface area contributed by atoms with Crippen LogP contribution in [-0.4, -0.2) is 22.9 Å². The molecule has 1 amide bonds. The van der Waals surface area contributed by atoms with Gasteiger partial charge in [-0.05, 0) is 48.0 Å². The van der Waals surface area contributed by atoms with Gasteiger partial charge in [0.25, 0.3) is 5.91 Å². The largest absolute Gasteiger partial charge is 0.459 e. The number of aromatic amines is 1. The van der Waals surface area contributed by atoms with Crippen LogP contribution in [0.25, 0.3) is 10.9 Å². The number of benzene rings is 3. The molecule has 0 spiro atoms. The molecular weight excluding hydrogens is 466 g/mol. The molecule has 1 atom stereocenters. The van der Waals surface area contributed by atoms with Gasteiger partial charge in [-0.25, -0.2) is 9.18 Å². The second-order valence-electron chi connectivity index (χ2n) is 7.40. The van der Waals surface area contributed by atoms with Crippen LogP contribution < -0.4 is 5.32 Å². The van der Waals surface area contributed by atoms with E-state index in [1.54, 1.807) is 30.5 Å². The third-order valence-electron chi connectivity index (χ3n) is 5.22. The average Bonchev–Trinajstić information content (AvgIpc) is 3.21. The molecule has 0 aliphatic carbocycles. The van der Waals surface area contributed by atoms with Crippen LogP contribution in [0, 0.1) is 5.82 Å². The molecule has 0 saturated carbocycles. The molecule has 0 bridgehead atoms. The van der Waals surface area contributed by atoms with Crippen molar-refractivity contribution in [2.24, 2.45) is 0 Å². The van der Waals surface area contributed by atoms with E-state index < -0.39 is 23.7 Å². The summed E-state index contributed by atoms with van der Waals surface area (Å²) >= 11 is 11.9. The molecule has 33 heavy (non-hydrogen) atoms. The number of carbonyl (C=O) groups is 2. The van der Waals surface area contributed by atoms with Gasteiger partial charge in [-0.3, -0.25) is 4.79 Å². The zero-order valence-corrected chi connectivity index (χ0v) is 18.8. The van der Waals surface area contributed by atoms with E-state index in [2.05, 4.69) is 10.3 Å². The van der Waals surface area contributed by atoms with Gasteiger partial charge >= 0.3 is 5.97 Å². The molecule has 0 aliphatic heterocycles. The fraction of sp³-hybridized carbons (Fsp3) is 0.120. The molecule has 0 aliphatic rings. The van der Waals surface area contributed by atoms with Crippen molar-refractivity contribution >= 4 is 46.0 Å². The quantitative estimate of drug-likeness (QED) is 0.330. The minimum Gasteiger partial charge on any atom is -0.459 e. The number of rotatable bonds is 7. The van der Waals surface area contributed by atoms with Crippen LogP contribution in [0.3, 0.4) is 0 Å². The second-order valence-corrected chi connectivity index (χ2v) is 8.25. The van der Waals surface area contributed by atoms with Crippen molar-refractivity contribution in [2.45, 2.75) is 19.1 Å². The van der Waals surface area contributed by atoms with Gasteiger partial charge in [0.1, 0.15) is 18.5 Å². The number of amides is 1. The number of carbonyl (C=O) groups excluding carboxylic acids is 2. The molecule has 0 fully saturated rings. The maximum Gasteiger partial charge on any atom is 0.329 e. The van der Waals surface area contributed by atoms with Crippen molar-refractivity contribution in [3.63, 3.8) is 0 Å². The van der Waals surface area contributed by atoms with Gasteiger partial charge < -0.3 is 15.0 Å². The minimum absolute atomic E-state index is 0.0717. The lowest BCUT2D eigenvalue weighted by atomic mass is 10.0. The monoisotopic (exact) mass is 484 g/mol. The molecule has 8 heteroatoms. The molecule has 5 nitrogen and oxygen atoms in total. The first-order valence-electron chi connectivity index (χ1n) is 10.1. The first kappa shape index (κ1) is 22.8. The van der Waals surface area contributed by atoms with Gasteiger partial charge in [-0.15, -0.1) is 0 Å². The van der Waals surface area contributed by atoms with Gasteiger partial charge in [0, 0.05) is 39.7 Å². The van der Waals surface area contributed by atoms with Crippen LogP contribution in [0.1, 0.15) is 21.5 Å². The minimum atomic E-state index is -1.02. The summed E-state index contributed by atoms with van der Waals surface area (Å²) in [5.41, 5.74) is 2.14. The molecule has 4 aromatic rings. The number of halogens is 3. The zero-order chi connectivity index (χ0) is 23.4. The SMILES string of the molecule is O=C(NC(Cc1c[nH]c2ccccc12)C(=O)OCc1c(F)cccc1Cl)c1ccc(Cl)cc1. The number of para-hydroxylation sites is 1. The van der Waals surface area contributed by atoms with Crippen molar-refractivity contribution in [1.82, 2.24) is 10.3 Å². The highest BCUT2D eigenvalue weighted by molar-refractivity contribution is 6.31. The highest BCUT2D eigenvalue weighted by atomic mass is 35.5. The van der Waals surface area contributed by atoms with E-state index in [-0.39, 0.29) is 23.6 Å². The van der Waals surface area contributed by atoms with Crippen LogP contribution in [0.2, 0.25) is 10.0 Å². The van der Waals surface area contributed by atoms with Crippen LogP contribution in [0.15, 0.2) is 72.9 Å². The van der Waals surface area contributed by atoms with Crippen LogP contribution >= 0.6 is 23.2 Å². The molecule has 1 unspecified atom stereocenters. The molecule has 1 heterocycles. The summed E-state index contributed by atoms with van der Waals surface area (Å²) in [6, 6.07) is 17.1. The highest BCUT2D eigenvalue weighted by Crippen LogP contribution is 2.22. The number of esters is 1. The summed E-state index contributed by atoms with van der Waals surface area (Å²) in [5.74, 6) is -1.74. The van der Waals surface area contributed by atoms with Gasteiger partial charge in [0.05, 0.1) is 5.02 Å². The lowest BCUT2D eigenvalue weighted by Crippen LogP contribution is -2.43. The first-order chi connectivity index (χ1) is 15.9. The Bertz CT molecular complexity index is 1280. The highest BCUT2D eigenvalue weighted by Gasteiger charge is 2.25. The fourth-order valence-electron chi connectivity index (χ4n) is 3.47. The summed E-state index contributed by atoms with van der Waals surface area (Å²) < 4.78 is 19.4. The Balaban J connectivity index is 1.56. The standard InChI is InChI=1S/C25H19Cl2FN2O3/c26-17-10-8-15(9-11-17)24(31)30-23(12-16-13-29-22-7-2-1-4-18(16)22)25(32)33-14-19-20(27)5-3-6-21(19)28/h1-11,13,23,29H,12,14H2,(H,30,31). The maximum atomic E-state index is 14.1. The van der Waals surface area contributed by atoms with Crippen molar-refractivity contribution in [2.75, 3.05) is 0 Å². The average molecular weight is 485 g/mol. The molecule has 168 valence electrons. The number of aromatic nitrogens is 1. The number of H-pyrrole nitrogens is 1. The third-order valence-corrected chi connectivity index (χ3v) is 5.82. The van der Waals surface area contributed by atoms with Crippen molar-refractivity contribution in [1.29, 1.82) is 0 Å². The number of hydrogen-bond donors (Lipinski definition) is 2. The fourth-order valence-corrected chi connectivity index (χ4v) is 3.81. The predicted molar refractivity (Wildman–Crippen MR) is 126 cm³/mol. The lowest BCUT2D eigenvalue weighted by molar-refractivity contribution is -0.147. The second kappa shape index (κ2) is 10.1. The zero-order valence-electron chi connectivity index (χ0n) is 17.3. The Morgan fingerprint density at radius 2 is 1.76 bits per heavy atom. The van der Waals surface area contributed by atoms with E-state index in [0.717, 1.165) is 16.5 Å². The van der Waals surface area contributed by atoms with E-state index in [9.17, 15) is 14.0 Å².